The zero-order valence-corrected chi connectivity index (χ0v) is 33.9. The minimum absolute atomic E-state index is 0.0655. The first-order chi connectivity index (χ1) is 27.4. The molecule has 4 aliphatic rings. The third kappa shape index (κ3) is 10.5. The van der Waals surface area contributed by atoms with Crippen LogP contribution < -0.4 is 27.0 Å². The summed E-state index contributed by atoms with van der Waals surface area (Å²) in [5.74, 6) is -6.24. The molecule has 4 heterocycles. The molecule has 0 aromatic carbocycles. The van der Waals surface area contributed by atoms with Gasteiger partial charge in [-0.2, -0.15) is 12.6 Å². The second-order valence-corrected chi connectivity index (χ2v) is 15.7. The van der Waals surface area contributed by atoms with Gasteiger partial charge in [0.05, 0.1) is 18.8 Å². The predicted octanol–water partition coefficient (Wildman–Crippen LogP) is -4.92. The number of carbonyl (C=O) groups excluding carboxylic acids is 9. The molecule has 10 atom stereocenters. The fourth-order valence-electron chi connectivity index (χ4n) is 8.12. The van der Waals surface area contributed by atoms with Gasteiger partial charge in [-0.15, -0.1) is 0 Å². The van der Waals surface area contributed by atoms with Crippen molar-refractivity contribution >= 4 is 65.8 Å². The van der Waals surface area contributed by atoms with Gasteiger partial charge in [0, 0.05) is 38.9 Å². The third-order valence-electron chi connectivity index (χ3n) is 11.1. The van der Waals surface area contributed by atoms with Gasteiger partial charge in [0.15, 0.2) is 0 Å². The lowest BCUT2D eigenvalue weighted by Crippen LogP contribution is -2.61. The van der Waals surface area contributed by atoms with Gasteiger partial charge < -0.3 is 61.9 Å². The molecule has 22 heteroatoms. The minimum atomic E-state index is -1.53. The monoisotopic (exact) mass is 839 g/mol. The van der Waals surface area contributed by atoms with Crippen molar-refractivity contribution in [3.05, 3.63) is 0 Å². The van der Waals surface area contributed by atoms with Crippen LogP contribution >= 0.6 is 12.6 Å². The van der Waals surface area contributed by atoms with Crippen LogP contribution in [0.25, 0.3) is 0 Å². The smallest absolute Gasteiger partial charge is 0.248 e. The van der Waals surface area contributed by atoms with Crippen molar-refractivity contribution in [3.63, 3.8) is 0 Å². The van der Waals surface area contributed by atoms with E-state index in [4.69, 9.17) is 5.73 Å². The van der Waals surface area contributed by atoms with Gasteiger partial charge in [0.1, 0.15) is 48.3 Å². The molecule has 324 valence electrons. The molecule has 21 nitrogen and oxygen atoms in total. The third-order valence-corrected chi connectivity index (χ3v) is 11.5. The molecule has 0 aromatic rings. The van der Waals surface area contributed by atoms with Crippen LogP contribution in [0.1, 0.15) is 72.1 Å². The number of nitrogens with zero attached hydrogens (tertiary/aromatic N) is 4. The minimum Gasteiger partial charge on any atom is -0.394 e. The van der Waals surface area contributed by atoms with E-state index in [1.54, 1.807) is 0 Å². The quantitative estimate of drug-likeness (QED) is 0.0661. The van der Waals surface area contributed by atoms with Crippen LogP contribution in [0.4, 0.5) is 0 Å². The maximum Gasteiger partial charge on any atom is 0.248 e. The van der Waals surface area contributed by atoms with Gasteiger partial charge in [0.2, 0.25) is 53.2 Å². The number of aliphatic hydroxyl groups excluding tert-OH is 3. The van der Waals surface area contributed by atoms with Gasteiger partial charge in [-0.05, 0) is 65.2 Å². The lowest BCUT2D eigenvalue weighted by atomic mass is 10.1. The van der Waals surface area contributed by atoms with Crippen LogP contribution in [0.5, 0.6) is 0 Å². The van der Waals surface area contributed by atoms with E-state index >= 15 is 0 Å². The molecule has 4 aliphatic heterocycles. The number of nitrogens with two attached hydrogens (primary N) is 1. The lowest BCUT2D eigenvalue weighted by Gasteiger charge is -2.34. The van der Waals surface area contributed by atoms with E-state index in [-0.39, 0.29) is 51.2 Å². The molecule has 0 unspecified atom stereocenters. The molecule has 9 amide bonds. The number of carbonyl (C=O) groups is 9. The Bertz CT molecular complexity index is 1600. The Morgan fingerprint density at radius 2 is 0.983 bits per heavy atom. The number of aliphatic hydroxyl groups is 3. The van der Waals surface area contributed by atoms with Crippen LogP contribution in [-0.2, 0) is 43.2 Å². The maximum absolute atomic E-state index is 14.0. The number of nitrogens with one attached hydrogen (secondary N) is 4. The summed E-state index contributed by atoms with van der Waals surface area (Å²) in [4.78, 5) is 123. The molecule has 58 heavy (non-hydrogen) atoms. The van der Waals surface area contributed by atoms with E-state index < -0.39 is 120 Å². The van der Waals surface area contributed by atoms with E-state index in [0.717, 1.165) is 0 Å². The van der Waals surface area contributed by atoms with Crippen molar-refractivity contribution in [1.82, 2.24) is 40.9 Å². The number of amides is 9. The molecule has 0 saturated carbocycles. The van der Waals surface area contributed by atoms with Gasteiger partial charge in [0.25, 0.3) is 0 Å². The first kappa shape index (κ1) is 46.2. The van der Waals surface area contributed by atoms with Crippen LogP contribution in [0, 0.1) is 0 Å². The van der Waals surface area contributed by atoms with Crippen molar-refractivity contribution in [1.29, 1.82) is 0 Å². The first-order valence-corrected chi connectivity index (χ1v) is 20.3. The van der Waals surface area contributed by atoms with E-state index in [2.05, 4.69) is 33.9 Å². The summed E-state index contributed by atoms with van der Waals surface area (Å²) in [7, 11) is 0. The van der Waals surface area contributed by atoms with Crippen LogP contribution in [0.2, 0.25) is 0 Å². The van der Waals surface area contributed by atoms with Crippen molar-refractivity contribution in [2.24, 2.45) is 5.73 Å². The number of rotatable bonds is 16. The summed E-state index contributed by atoms with van der Waals surface area (Å²) in [5, 5.41) is 41.0. The second-order valence-electron chi connectivity index (χ2n) is 15.3. The largest absolute Gasteiger partial charge is 0.394 e. The topological polar surface area (TPSA) is 301 Å². The molecule has 0 aliphatic carbocycles. The number of primary amides is 1. The maximum atomic E-state index is 14.0. The summed E-state index contributed by atoms with van der Waals surface area (Å²) in [6, 6.07) is -9.51. The highest BCUT2D eigenvalue weighted by molar-refractivity contribution is 7.80. The Kier molecular flexibility index (Phi) is 16.3. The fraction of sp³-hybridized carbons (Fsp3) is 0.750. The molecular weight excluding hydrogens is 783 g/mol. The van der Waals surface area contributed by atoms with E-state index in [0.29, 0.717) is 32.1 Å². The summed E-state index contributed by atoms with van der Waals surface area (Å²) in [5.41, 5.74) is 5.30. The van der Waals surface area contributed by atoms with Crippen LogP contribution in [0.3, 0.4) is 0 Å². The Hall–Kier alpha value is -4.54. The first-order valence-electron chi connectivity index (χ1n) is 19.7. The summed E-state index contributed by atoms with van der Waals surface area (Å²) >= 11 is 4.02. The number of likely N-dealkylation sites (tertiary alicyclic amines) is 4. The van der Waals surface area contributed by atoms with Gasteiger partial charge in [-0.25, -0.2) is 0 Å². The summed E-state index contributed by atoms with van der Waals surface area (Å²) in [6.45, 7) is 3.59. The summed E-state index contributed by atoms with van der Waals surface area (Å²) < 4.78 is 0. The standard InChI is InChI=1S/C36H57N9O12S/c1-18(47)27(38-20(3)49)35(56)45-15-7-11-26(45)34(55)43-13-5-10-25(43)32(53)41-28(19(2)48)36(57)44-14-6-9-24(44)30(51)39-21(16-46)33(54)42-12-4-8-23(42)31(52)40-22(17-58)29(37)50/h18-19,21-28,46-48,58H,4-17H2,1-3H3,(H2,37,50)(H,38,49)(H,39,51)(H,40,52)(H,41,53)/t18-,19+,21+,22+,23+,24+,25+,26+,27+,28+/m1/s1. The average molecular weight is 840 g/mol. The highest BCUT2D eigenvalue weighted by Gasteiger charge is 2.46. The van der Waals surface area contributed by atoms with Gasteiger partial charge >= 0.3 is 0 Å². The van der Waals surface area contributed by atoms with E-state index in [1.165, 1.54) is 40.4 Å². The number of thiol groups is 1. The van der Waals surface area contributed by atoms with Crippen molar-refractivity contribution in [3.8, 4) is 0 Å². The van der Waals surface area contributed by atoms with Gasteiger partial charge in [-0.1, -0.05) is 0 Å². The van der Waals surface area contributed by atoms with Gasteiger partial charge in [-0.3, -0.25) is 43.2 Å². The zero-order chi connectivity index (χ0) is 43.0. The Morgan fingerprint density at radius 3 is 1.41 bits per heavy atom. The Balaban J connectivity index is 1.41. The molecule has 4 rings (SSSR count). The second kappa shape index (κ2) is 20.4. The normalized spacial score (nSPS) is 24.9. The van der Waals surface area contributed by atoms with Crippen molar-refractivity contribution in [2.75, 3.05) is 38.5 Å². The highest BCUT2D eigenvalue weighted by Crippen LogP contribution is 2.27. The van der Waals surface area contributed by atoms with Crippen LogP contribution in [-0.4, -0.2) is 187 Å². The summed E-state index contributed by atoms with van der Waals surface area (Å²) in [6.07, 6.45) is -0.0289. The van der Waals surface area contributed by atoms with Crippen molar-refractivity contribution in [2.45, 2.75) is 133 Å². The SMILES string of the molecule is CC(=O)N[C@H](C(=O)N1CCC[C@H]1C(=O)N1CCC[C@H]1C(=O)N[C@H](C(=O)N1CCC[C@H]1C(=O)N[C@@H](CO)C(=O)N1CCC[C@H]1C(=O)N[C@@H](CS)C(N)=O)[C@H](C)O)[C@@H](C)O. The molecule has 4 fully saturated rings. The fourth-order valence-corrected chi connectivity index (χ4v) is 8.39. The van der Waals surface area contributed by atoms with Crippen LogP contribution in [0.15, 0.2) is 0 Å². The molecule has 9 N–H and O–H groups in total. The predicted molar refractivity (Wildman–Crippen MR) is 206 cm³/mol. The molecule has 4 saturated heterocycles. The Morgan fingerprint density at radius 1 is 0.603 bits per heavy atom. The lowest BCUT2D eigenvalue weighted by molar-refractivity contribution is -0.150. The van der Waals surface area contributed by atoms with E-state index in [1.807, 2.05) is 0 Å². The average Bonchev–Trinajstić information content (AvgIpc) is 4.02. The molecule has 0 spiro atoms. The van der Waals surface area contributed by atoms with Crippen molar-refractivity contribution < 1.29 is 58.5 Å². The Labute approximate surface area is 341 Å². The highest BCUT2D eigenvalue weighted by atomic mass is 32.1. The number of hydrogen-bond donors (Lipinski definition) is 9. The number of hydrogen-bond acceptors (Lipinski definition) is 13. The molecule has 0 aromatic heterocycles. The molecule has 0 bridgehead atoms. The molecular formula is C36H57N9O12S. The zero-order valence-electron chi connectivity index (χ0n) is 33.0. The molecule has 0 radical (unpaired) electrons. The van der Waals surface area contributed by atoms with E-state index in [9.17, 15) is 58.5 Å².